The summed E-state index contributed by atoms with van der Waals surface area (Å²) in [5, 5.41) is 13.5. The normalized spacial score (nSPS) is 13.2. The van der Waals surface area contributed by atoms with Crippen LogP contribution in [0.5, 0.6) is 0 Å². The number of para-hydroxylation sites is 1. The van der Waals surface area contributed by atoms with Gasteiger partial charge in [0.2, 0.25) is 0 Å². The SMILES string of the molecule is CNCC(CO)c1coc2ccccc12. The molecule has 3 heteroatoms. The topological polar surface area (TPSA) is 45.4 Å². The molecule has 1 unspecified atom stereocenters. The van der Waals surface area contributed by atoms with Crippen molar-refractivity contribution < 1.29 is 9.52 Å². The molecule has 0 saturated heterocycles. The van der Waals surface area contributed by atoms with Crippen molar-refractivity contribution >= 4 is 11.0 Å². The molecule has 3 nitrogen and oxygen atoms in total. The zero-order chi connectivity index (χ0) is 10.7. The van der Waals surface area contributed by atoms with Crippen molar-refractivity contribution in [1.29, 1.82) is 0 Å². The van der Waals surface area contributed by atoms with Crippen molar-refractivity contribution in [3.8, 4) is 0 Å². The molecule has 1 aromatic carbocycles. The van der Waals surface area contributed by atoms with E-state index in [4.69, 9.17) is 4.42 Å². The van der Waals surface area contributed by atoms with Crippen LogP contribution in [0, 0.1) is 0 Å². The van der Waals surface area contributed by atoms with Crippen molar-refractivity contribution in [2.45, 2.75) is 5.92 Å². The van der Waals surface area contributed by atoms with E-state index in [0.29, 0.717) is 0 Å². The van der Waals surface area contributed by atoms with E-state index in [0.717, 1.165) is 23.1 Å². The Labute approximate surface area is 88.7 Å². The maximum atomic E-state index is 9.31. The van der Waals surface area contributed by atoms with Crippen molar-refractivity contribution in [2.24, 2.45) is 0 Å². The largest absolute Gasteiger partial charge is 0.464 e. The molecule has 15 heavy (non-hydrogen) atoms. The lowest BCUT2D eigenvalue weighted by Crippen LogP contribution is -2.19. The molecule has 1 aromatic heterocycles. The first-order valence-electron chi connectivity index (χ1n) is 5.08. The molecule has 0 bridgehead atoms. The van der Waals surface area contributed by atoms with Crippen LogP contribution in [0.3, 0.4) is 0 Å². The summed E-state index contributed by atoms with van der Waals surface area (Å²) in [6.07, 6.45) is 1.74. The van der Waals surface area contributed by atoms with Crippen molar-refractivity contribution in [1.82, 2.24) is 5.32 Å². The minimum absolute atomic E-state index is 0.0960. The summed E-state index contributed by atoms with van der Waals surface area (Å²) in [6.45, 7) is 0.879. The lowest BCUT2D eigenvalue weighted by Gasteiger charge is -2.11. The van der Waals surface area contributed by atoms with Gasteiger partial charge < -0.3 is 14.8 Å². The summed E-state index contributed by atoms with van der Waals surface area (Å²) in [7, 11) is 1.88. The average molecular weight is 205 g/mol. The van der Waals surface area contributed by atoms with Crippen LogP contribution in [-0.4, -0.2) is 25.3 Å². The Morgan fingerprint density at radius 1 is 1.40 bits per heavy atom. The number of fused-ring (bicyclic) bond motifs is 1. The molecule has 0 amide bonds. The lowest BCUT2D eigenvalue weighted by atomic mass is 9.99. The molecule has 0 radical (unpaired) electrons. The van der Waals surface area contributed by atoms with E-state index < -0.39 is 0 Å². The highest BCUT2D eigenvalue weighted by Crippen LogP contribution is 2.26. The van der Waals surface area contributed by atoms with E-state index >= 15 is 0 Å². The number of nitrogens with one attached hydrogen (secondary N) is 1. The highest BCUT2D eigenvalue weighted by atomic mass is 16.3. The van der Waals surface area contributed by atoms with Crippen LogP contribution < -0.4 is 5.32 Å². The summed E-state index contributed by atoms with van der Waals surface area (Å²) < 4.78 is 5.44. The summed E-state index contributed by atoms with van der Waals surface area (Å²) in [6, 6.07) is 7.88. The first-order valence-corrected chi connectivity index (χ1v) is 5.08. The van der Waals surface area contributed by atoms with Gasteiger partial charge in [0.05, 0.1) is 12.9 Å². The van der Waals surface area contributed by atoms with Gasteiger partial charge in [-0.1, -0.05) is 18.2 Å². The number of aliphatic hydroxyl groups is 1. The molecule has 0 aliphatic carbocycles. The van der Waals surface area contributed by atoms with Crippen LogP contribution in [-0.2, 0) is 0 Å². The van der Waals surface area contributed by atoms with Crippen LogP contribution in [0.1, 0.15) is 11.5 Å². The van der Waals surface area contributed by atoms with Crippen LogP contribution in [0.25, 0.3) is 11.0 Å². The highest BCUT2D eigenvalue weighted by Gasteiger charge is 2.15. The van der Waals surface area contributed by atoms with Crippen molar-refractivity contribution in [2.75, 3.05) is 20.2 Å². The van der Waals surface area contributed by atoms with Crippen LogP contribution in [0.2, 0.25) is 0 Å². The van der Waals surface area contributed by atoms with Crippen molar-refractivity contribution in [3.05, 3.63) is 36.1 Å². The predicted molar refractivity (Wildman–Crippen MR) is 60.0 cm³/mol. The second-order valence-electron chi connectivity index (χ2n) is 3.62. The van der Waals surface area contributed by atoms with E-state index in [9.17, 15) is 5.11 Å². The third-order valence-corrected chi connectivity index (χ3v) is 2.62. The Morgan fingerprint density at radius 3 is 2.93 bits per heavy atom. The zero-order valence-corrected chi connectivity index (χ0v) is 8.73. The first kappa shape index (κ1) is 10.2. The van der Waals surface area contributed by atoms with Crippen molar-refractivity contribution in [3.63, 3.8) is 0 Å². The third kappa shape index (κ3) is 1.89. The van der Waals surface area contributed by atoms with Gasteiger partial charge in [-0.3, -0.25) is 0 Å². The van der Waals surface area contributed by atoms with E-state index in [1.807, 2.05) is 31.3 Å². The van der Waals surface area contributed by atoms with Gasteiger partial charge in [-0.25, -0.2) is 0 Å². The Morgan fingerprint density at radius 2 is 2.20 bits per heavy atom. The van der Waals surface area contributed by atoms with E-state index in [1.165, 1.54) is 0 Å². The van der Waals surface area contributed by atoms with Gasteiger partial charge in [-0.15, -0.1) is 0 Å². The molecule has 80 valence electrons. The molecule has 1 heterocycles. The fourth-order valence-electron chi connectivity index (χ4n) is 1.83. The molecule has 2 N–H and O–H groups in total. The second-order valence-corrected chi connectivity index (χ2v) is 3.62. The van der Waals surface area contributed by atoms with Gasteiger partial charge >= 0.3 is 0 Å². The molecule has 1 atom stereocenters. The summed E-state index contributed by atoms with van der Waals surface area (Å²) >= 11 is 0. The van der Waals surface area contributed by atoms with Crippen LogP contribution in [0.4, 0.5) is 0 Å². The van der Waals surface area contributed by atoms with Gasteiger partial charge in [0.25, 0.3) is 0 Å². The molecule has 2 aromatic rings. The maximum absolute atomic E-state index is 9.31. The number of benzene rings is 1. The van der Waals surface area contributed by atoms with Gasteiger partial charge in [-0.05, 0) is 13.1 Å². The Balaban J connectivity index is 2.41. The number of hydrogen-bond donors (Lipinski definition) is 2. The summed E-state index contributed by atoms with van der Waals surface area (Å²) in [5.74, 6) is 0.0960. The molecule has 0 aliphatic rings. The molecule has 0 saturated carbocycles. The molecule has 2 rings (SSSR count). The Bertz CT molecular complexity index is 436. The second kappa shape index (κ2) is 4.47. The summed E-state index contributed by atoms with van der Waals surface area (Å²) in [5.41, 5.74) is 1.95. The van der Waals surface area contributed by atoms with Crippen LogP contribution >= 0.6 is 0 Å². The highest BCUT2D eigenvalue weighted by molar-refractivity contribution is 5.81. The number of rotatable bonds is 4. The van der Waals surface area contributed by atoms with E-state index in [2.05, 4.69) is 5.32 Å². The maximum Gasteiger partial charge on any atom is 0.134 e. The van der Waals surface area contributed by atoms with Gasteiger partial charge in [0.15, 0.2) is 0 Å². The molecule has 0 aliphatic heterocycles. The fourth-order valence-corrected chi connectivity index (χ4v) is 1.83. The minimum atomic E-state index is 0.0960. The quantitative estimate of drug-likeness (QED) is 0.799. The lowest BCUT2D eigenvalue weighted by molar-refractivity contribution is 0.263. The Kier molecular flexibility index (Phi) is 3.04. The first-order chi connectivity index (χ1) is 7.36. The van der Waals surface area contributed by atoms with E-state index in [1.54, 1.807) is 6.26 Å². The molecule has 0 spiro atoms. The smallest absolute Gasteiger partial charge is 0.134 e. The Hall–Kier alpha value is -1.32. The summed E-state index contributed by atoms with van der Waals surface area (Å²) in [4.78, 5) is 0. The van der Waals surface area contributed by atoms with Gasteiger partial charge in [0.1, 0.15) is 5.58 Å². The zero-order valence-electron chi connectivity index (χ0n) is 8.73. The number of hydrogen-bond acceptors (Lipinski definition) is 3. The van der Waals surface area contributed by atoms with E-state index in [-0.39, 0.29) is 12.5 Å². The third-order valence-electron chi connectivity index (χ3n) is 2.62. The monoisotopic (exact) mass is 205 g/mol. The minimum Gasteiger partial charge on any atom is -0.464 e. The number of likely N-dealkylation sites (N-methyl/N-ethyl adjacent to an activating group) is 1. The van der Waals surface area contributed by atoms with Gasteiger partial charge in [-0.2, -0.15) is 0 Å². The van der Waals surface area contributed by atoms with Crippen LogP contribution in [0.15, 0.2) is 34.9 Å². The standard InChI is InChI=1S/C12H15NO2/c1-13-6-9(7-14)11-8-15-12-5-3-2-4-10(11)12/h2-5,8-9,13-14H,6-7H2,1H3. The predicted octanol–water partition coefficient (Wildman–Crippen LogP) is 1.73. The fraction of sp³-hybridized carbons (Fsp3) is 0.333. The average Bonchev–Trinajstić information content (AvgIpc) is 2.70. The number of furan rings is 1. The van der Waals surface area contributed by atoms with Gasteiger partial charge in [0, 0.05) is 23.4 Å². The molecular weight excluding hydrogens is 190 g/mol. The number of aliphatic hydroxyl groups excluding tert-OH is 1. The molecular formula is C12H15NO2. The molecule has 0 fully saturated rings.